The molecular formula is C13H18O5. The lowest BCUT2D eigenvalue weighted by atomic mass is 9.97. The zero-order chi connectivity index (χ0) is 13.9. The molecule has 0 saturated carbocycles. The maximum atomic E-state index is 11.4. The summed E-state index contributed by atoms with van der Waals surface area (Å²) in [6.45, 7) is 3.64. The minimum Gasteiger partial charge on any atom is -0.493 e. The fraction of sp³-hybridized carbons (Fsp3) is 0.462. The van der Waals surface area contributed by atoms with Crippen molar-refractivity contribution in [1.82, 2.24) is 0 Å². The van der Waals surface area contributed by atoms with Crippen molar-refractivity contribution in [2.75, 3.05) is 21.3 Å². The fourth-order valence-electron chi connectivity index (χ4n) is 1.81. The number of rotatable bonds is 4. The van der Waals surface area contributed by atoms with E-state index in [0.717, 1.165) is 11.1 Å². The Labute approximate surface area is 106 Å². The minimum atomic E-state index is -1.33. The number of hydrogen-bond acceptors (Lipinski definition) is 5. The van der Waals surface area contributed by atoms with Crippen LogP contribution in [0.2, 0.25) is 0 Å². The van der Waals surface area contributed by atoms with Crippen molar-refractivity contribution in [1.29, 1.82) is 0 Å². The van der Waals surface area contributed by atoms with Crippen LogP contribution in [0.25, 0.3) is 0 Å². The van der Waals surface area contributed by atoms with Crippen molar-refractivity contribution in [2.45, 2.75) is 20.0 Å². The molecule has 0 aliphatic carbocycles. The molecule has 5 nitrogen and oxygen atoms in total. The molecule has 0 radical (unpaired) electrons. The highest BCUT2D eigenvalue weighted by atomic mass is 16.5. The van der Waals surface area contributed by atoms with Crippen LogP contribution < -0.4 is 9.47 Å². The summed E-state index contributed by atoms with van der Waals surface area (Å²) in [7, 11) is 4.27. The van der Waals surface area contributed by atoms with Crippen LogP contribution in [-0.2, 0) is 9.53 Å². The average molecular weight is 254 g/mol. The summed E-state index contributed by atoms with van der Waals surface area (Å²) < 4.78 is 15.0. The van der Waals surface area contributed by atoms with Gasteiger partial charge in [0, 0.05) is 0 Å². The summed E-state index contributed by atoms with van der Waals surface area (Å²) >= 11 is 0. The molecule has 0 aromatic heterocycles. The third kappa shape index (κ3) is 2.41. The van der Waals surface area contributed by atoms with Crippen LogP contribution in [0.1, 0.15) is 22.8 Å². The molecule has 18 heavy (non-hydrogen) atoms. The van der Waals surface area contributed by atoms with Gasteiger partial charge in [-0.2, -0.15) is 0 Å². The third-order valence-electron chi connectivity index (χ3n) is 2.99. The Balaban J connectivity index is 3.38. The first-order valence-electron chi connectivity index (χ1n) is 5.45. The van der Waals surface area contributed by atoms with Gasteiger partial charge in [-0.3, -0.25) is 0 Å². The monoisotopic (exact) mass is 254 g/mol. The number of aliphatic hydroxyl groups is 1. The first kappa shape index (κ1) is 14.3. The van der Waals surface area contributed by atoms with Crippen LogP contribution in [0, 0.1) is 13.8 Å². The van der Waals surface area contributed by atoms with Crippen LogP contribution in [0.15, 0.2) is 6.07 Å². The molecule has 1 aromatic rings. The van der Waals surface area contributed by atoms with E-state index in [1.165, 1.54) is 14.2 Å². The SMILES string of the molecule is COC(=O)C(O)c1cc(OC)c(OC)c(C)c1C. The molecule has 0 saturated heterocycles. The summed E-state index contributed by atoms with van der Waals surface area (Å²) in [6, 6.07) is 1.59. The quantitative estimate of drug-likeness (QED) is 0.825. The maximum absolute atomic E-state index is 11.4. The van der Waals surface area contributed by atoms with Crippen molar-refractivity contribution in [3.8, 4) is 11.5 Å². The number of carbonyl (C=O) groups is 1. The van der Waals surface area contributed by atoms with Gasteiger partial charge in [-0.05, 0) is 36.6 Å². The molecule has 1 atom stereocenters. The first-order chi connectivity index (χ1) is 8.47. The van der Waals surface area contributed by atoms with Crippen LogP contribution >= 0.6 is 0 Å². The molecule has 1 rings (SSSR count). The van der Waals surface area contributed by atoms with Gasteiger partial charge in [-0.1, -0.05) is 0 Å². The molecule has 1 aromatic carbocycles. The summed E-state index contributed by atoms with van der Waals surface area (Å²) in [6.07, 6.45) is -1.33. The van der Waals surface area contributed by atoms with E-state index in [0.29, 0.717) is 17.1 Å². The minimum absolute atomic E-state index is 0.456. The van der Waals surface area contributed by atoms with Gasteiger partial charge in [-0.15, -0.1) is 0 Å². The Hall–Kier alpha value is -1.75. The van der Waals surface area contributed by atoms with E-state index in [1.54, 1.807) is 20.1 Å². The first-order valence-corrected chi connectivity index (χ1v) is 5.45. The number of methoxy groups -OCH3 is 3. The lowest BCUT2D eigenvalue weighted by molar-refractivity contribution is -0.150. The third-order valence-corrected chi connectivity index (χ3v) is 2.99. The van der Waals surface area contributed by atoms with E-state index in [2.05, 4.69) is 4.74 Å². The number of hydrogen-bond donors (Lipinski definition) is 1. The van der Waals surface area contributed by atoms with E-state index in [-0.39, 0.29) is 0 Å². The van der Waals surface area contributed by atoms with Gasteiger partial charge in [0.05, 0.1) is 21.3 Å². The second kappa shape index (κ2) is 5.73. The van der Waals surface area contributed by atoms with Gasteiger partial charge >= 0.3 is 5.97 Å². The lowest BCUT2D eigenvalue weighted by Gasteiger charge is -2.18. The Morgan fingerprint density at radius 2 is 1.78 bits per heavy atom. The van der Waals surface area contributed by atoms with Gasteiger partial charge in [0.25, 0.3) is 0 Å². The maximum Gasteiger partial charge on any atom is 0.339 e. The second-order valence-electron chi connectivity index (χ2n) is 3.88. The largest absolute Gasteiger partial charge is 0.493 e. The van der Waals surface area contributed by atoms with Gasteiger partial charge in [0.1, 0.15) is 0 Å². The Morgan fingerprint density at radius 3 is 2.22 bits per heavy atom. The zero-order valence-electron chi connectivity index (χ0n) is 11.2. The van der Waals surface area contributed by atoms with Gasteiger partial charge in [0.2, 0.25) is 0 Å². The molecule has 0 amide bonds. The fourth-order valence-corrected chi connectivity index (χ4v) is 1.81. The molecule has 0 aliphatic rings. The second-order valence-corrected chi connectivity index (χ2v) is 3.88. The summed E-state index contributed by atoms with van der Waals surface area (Å²) in [4.78, 5) is 11.4. The topological polar surface area (TPSA) is 65.0 Å². The van der Waals surface area contributed by atoms with E-state index in [4.69, 9.17) is 9.47 Å². The number of ether oxygens (including phenoxy) is 3. The molecule has 1 unspecified atom stereocenters. The highest BCUT2D eigenvalue weighted by Crippen LogP contribution is 2.37. The number of aliphatic hydroxyl groups excluding tert-OH is 1. The predicted molar refractivity (Wildman–Crippen MR) is 66.0 cm³/mol. The standard InChI is InChI=1S/C13H18O5/c1-7-8(2)12(17-4)10(16-3)6-9(7)11(14)13(15)18-5/h6,11,14H,1-5H3. The van der Waals surface area contributed by atoms with Crippen molar-refractivity contribution in [3.63, 3.8) is 0 Å². The number of esters is 1. The summed E-state index contributed by atoms with van der Waals surface area (Å²) in [5.74, 6) is 0.360. The molecule has 5 heteroatoms. The normalized spacial score (nSPS) is 11.9. The Bertz CT molecular complexity index is 453. The molecule has 0 aliphatic heterocycles. The van der Waals surface area contributed by atoms with Crippen molar-refractivity contribution in [3.05, 3.63) is 22.8 Å². The van der Waals surface area contributed by atoms with E-state index in [9.17, 15) is 9.90 Å². The van der Waals surface area contributed by atoms with Crippen LogP contribution in [0.3, 0.4) is 0 Å². The predicted octanol–water partition coefficient (Wildman–Crippen LogP) is 1.53. The Kier molecular flexibility index (Phi) is 4.55. The van der Waals surface area contributed by atoms with Crippen molar-refractivity contribution >= 4 is 5.97 Å². The molecule has 1 N–H and O–H groups in total. The average Bonchev–Trinajstić information content (AvgIpc) is 2.39. The van der Waals surface area contributed by atoms with Crippen LogP contribution in [-0.4, -0.2) is 32.4 Å². The van der Waals surface area contributed by atoms with E-state index < -0.39 is 12.1 Å². The molecule has 100 valence electrons. The van der Waals surface area contributed by atoms with Gasteiger partial charge in [-0.25, -0.2) is 4.79 Å². The molecular weight excluding hydrogens is 236 g/mol. The lowest BCUT2D eigenvalue weighted by Crippen LogP contribution is -2.15. The number of benzene rings is 1. The molecule has 0 fully saturated rings. The molecule has 0 heterocycles. The highest BCUT2D eigenvalue weighted by Gasteiger charge is 2.24. The number of carbonyl (C=O) groups excluding carboxylic acids is 1. The summed E-state index contributed by atoms with van der Waals surface area (Å²) in [5, 5.41) is 9.91. The van der Waals surface area contributed by atoms with E-state index >= 15 is 0 Å². The smallest absolute Gasteiger partial charge is 0.339 e. The zero-order valence-corrected chi connectivity index (χ0v) is 11.2. The molecule has 0 bridgehead atoms. The van der Waals surface area contributed by atoms with Crippen molar-refractivity contribution < 1.29 is 24.1 Å². The van der Waals surface area contributed by atoms with E-state index in [1.807, 2.05) is 6.92 Å². The van der Waals surface area contributed by atoms with Crippen LogP contribution in [0.4, 0.5) is 0 Å². The van der Waals surface area contributed by atoms with Crippen molar-refractivity contribution in [2.24, 2.45) is 0 Å². The molecule has 0 spiro atoms. The highest BCUT2D eigenvalue weighted by molar-refractivity contribution is 5.77. The van der Waals surface area contributed by atoms with Crippen LogP contribution in [0.5, 0.6) is 11.5 Å². The Morgan fingerprint density at radius 1 is 1.17 bits per heavy atom. The summed E-state index contributed by atoms with van der Waals surface area (Å²) in [5.41, 5.74) is 2.04. The van der Waals surface area contributed by atoms with Gasteiger partial charge < -0.3 is 19.3 Å². The van der Waals surface area contributed by atoms with Gasteiger partial charge in [0.15, 0.2) is 17.6 Å².